The number of nitrogens with zero attached hydrogens (tertiary/aromatic N) is 2. The first kappa shape index (κ1) is 20.0. The molecule has 0 bridgehead atoms. The molecule has 0 aromatic rings. The molecule has 1 amide bonds. The van der Waals surface area contributed by atoms with Crippen molar-refractivity contribution >= 4 is 30.7 Å². The van der Waals surface area contributed by atoms with E-state index in [1.807, 2.05) is 0 Å². The second-order valence-electron chi connectivity index (χ2n) is 6.72. The topological polar surface area (TPSA) is 49.6 Å². The number of likely N-dealkylation sites (tertiary alicyclic amines) is 2. The number of carbonyl (C=O) groups is 1. The fourth-order valence-electron chi connectivity index (χ4n) is 3.08. The Labute approximate surface area is 135 Å². The van der Waals surface area contributed by atoms with Crippen molar-refractivity contribution in [1.82, 2.24) is 9.80 Å². The number of piperidine rings is 2. The third kappa shape index (κ3) is 4.48. The van der Waals surface area contributed by atoms with E-state index in [4.69, 9.17) is 5.73 Å². The van der Waals surface area contributed by atoms with Crippen molar-refractivity contribution in [3.63, 3.8) is 0 Å². The van der Waals surface area contributed by atoms with Crippen molar-refractivity contribution in [2.24, 2.45) is 17.1 Å². The zero-order chi connectivity index (χ0) is 13.3. The third-order valence-corrected chi connectivity index (χ3v) is 4.69. The summed E-state index contributed by atoms with van der Waals surface area (Å²) in [6.45, 7) is 8.10. The fourth-order valence-corrected chi connectivity index (χ4v) is 3.08. The maximum atomic E-state index is 12.5. The molecular formula is C14H29Cl2N3O. The molecule has 2 N–H and O–H groups in total. The van der Waals surface area contributed by atoms with E-state index in [-0.39, 0.29) is 42.2 Å². The van der Waals surface area contributed by atoms with E-state index in [9.17, 15) is 4.79 Å². The average molecular weight is 326 g/mol. The van der Waals surface area contributed by atoms with Gasteiger partial charge in [0.05, 0.1) is 0 Å². The molecule has 0 radical (unpaired) electrons. The van der Waals surface area contributed by atoms with Gasteiger partial charge in [-0.15, -0.1) is 24.8 Å². The standard InChI is InChI=1S/C14H27N3O.2ClH/c1-14(2)10-17(9-6-12(14)15)13(18)11-4-7-16(3)8-5-11;;/h11-12H,4-10,15H2,1-3H3;2*1H. The summed E-state index contributed by atoms with van der Waals surface area (Å²) in [6, 6.07) is 0.221. The Bertz CT molecular complexity index is 318. The van der Waals surface area contributed by atoms with Gasteiger partial charge in [0.2, 0.25) is 5.91 Å². The highest BCUT2D eigenvalue weighted by Crippen LogP contribution is 2.29. The molecule has 6 heteroatoms. The van der Waals surface area contributed by atoms with Gasteiger partial charge >= 0.3 is 0 Å². The Hall–Kier alpha value is -0.0300. The SMILES string of the molecule is CN1CCC(C(=O)N2CCC(N)C(C)(C)C2)CC1.Cl.Cl. The van der Waals surface area contributed by atoms with E-state index in [1.54, 1.807) is 0 Å². The molecular weight excluding hydrogens is 297 g/mol. The van der Waals surface area contributed by atoms with Gasteiger partial charge in [0.15, 0.2) is 0 Å². The van der Waals surface area contributed by atoms with Crippen LogP contribution in [0.1, 0.15) is 33.1 Å². The predicted octanol–water partition coefficient (Wildman–Crippen LogP) is 1.76. The molecule has 2 saturated heterocycles. The fraction of sp³-hybridized carbons (Fsp3) is 0.929. The van der Waals surface area contributed by atoms with Gasteiger partial charge in [0, 0.05) is 25.0 Å². The number of nitrogens with two attached hydrogens (primary N) is 1. The first-order valence-corrected chi connectivity index (χ1v) is 7.13. The van der Waals surface area contributed by atoms with Crippen LogP contribution in [0.5, 0.6) is 0 Å². The molecule has 0 aliphatic carbocycles. The molecule has 2 aliphatic heterocycles. The van der Waals surface area contributed by atoms with Crippen molar-refractivity contribution < 1.29 is 4.79 Å². The summed E-state index contributed by atoms with van der Waals surface area (Å²) in [5.41, 5.74) is 6.18. The summed E-state index contributed by atoms with van der Waals surface area (Å²) in [4.78, 5) is 16.9. The number of hydrogen-bond acceptors (Lipinski definition) is 3. The first-order chi connectivity index (χ1) is 8.40. The maximum Gasteiger partial charge on any atom is 0.225 e. The van der Waals surface area contributed by atoms with Crippen molar-refractivity contribution in [2.75, 3.05) is 33.2 Å². The highest BCUT2D eigenvalue weighted by atomic mass is 35.5. The molecule has 0 aromatic heterocycles. The van der Waals surface area contributed by atoms with Crippen molar-refractivity contribution in [1.29, 1.82) is 0 Å². The smallest absolute Gasteiger partial charge is 0.225 e. The minimum Gasteiger partial charge on any atom is -0.342 e. The van der Waals surface area contributed by atoms with Crippen LogP contribution in [-0.4, -0.2) is 55.0 Å². The Balaban J connectivity index is 0.00000180. The molecule has 2 heterocycles. The van der Waals surface area contributed by atoms with E-state index in [0.717, 1.165) is 45.4 Å². The number of carbonyl (C=O) groups excluding carboxylic acids is 1. The number of halogens is 2. The Morgan fingerprint density at radius 2 is 1.65 bits per heavy atom. The van der Waals surface area contributed by atoms with Crippen LogP contribution in [0.25, 0.3) is 0 Å². The highest BCUT2D eigenvalue weighted by Gasteiger charge is 2.37. The Kier molecular flexibility index (Phi) is 7.82. The van der Waals surface area contributed by atoms with E-state index in [0.29, 0.717) is 5.91 Å². The van der Waals surface area contributed by atoms with E-state index < -0.39 is 0 Å². The lowest BCUT2D eigenvalue weighted by molar-refractivity contribution is -0.140. The van der Waals surface area contributed by atoms with E-state index >= 15 is 0 Å². The summed E-state index contributed by atoms with van der Waals surface area (Å²) in [5.74, 6) is 0.606. The average Bonchev–Trinajstić information content (AvgIpc) is 2.33. The molecule has 0 spiro atoms. The normalized spacial score (nSPS) is 27.4. The Morgan fingerprint density at radius 1 is 1.10 bits per heavy atom. The lowest BCUT2D eigenvalue weighted by Crippen LogP contribution is -2.55. The van der Waals surface area contributed by atoms with Crippen molar-refractivity contribution in [3.8, 4) is 0 Å². The van der Waals surface area contributed by atoms with Gasteiger partial charge in [-0.3, -0.25) is 4.79 Å². The second-order valence-corrected chi connectivity index (χ2v) is 6.72. The van der Waals surface area contributed by atoms with Crippen LogP contribution in [0.2, 0.25) is 0 Å². The van der Waals surface area contributed by atoms with Crippen LogP contribution < -0.4 is 5.73 Å². The van der Waals surface area contributed by atoms with Crippen LogP contribution >= 0.6 is 24.8 Å². The zero-order valence-corrected chi connectivity index (χ0v) is 14.4. The summed E-state index contributed by atoms with van der Waals surface area (Å²) in [7, 11) is 2.13. The molecule has 0 saturated carbocycles. The molecule has 1 atom stereocenters. The maximum absolute atomic E-state index is 12.5. The minimum absolute atomic E-state index is 0. The summed E-state index contributed by atoms with van der Waals surface area (Å²) >= 11 is 0. The van der Waals surface area contributed by atoms with Crippen molar-refractivity contribution in [2.45, 2.75) is 39.2 Å². The largest absolute Gasteiger partial charge is 0.342 e. The van der Waals surface area contributed by atoms with Gasteiger partial charge in [-0.2, -0.15) is 0 Å². The van der Waals surface area contributed by atoms with Gasteiger partial charge in [-0.1, -0.05) is 13.8 Å². The zero-order valence-electron chi connectivity index (χ0n) is 12.8. The van der Waals surface area contributed by atoms with E-state index in [2.05, 4.69) is 30.7 Å². The molecule has 4 nitrogen and oxygen atoms in total. The molecule has 20 heavy (non-hydrogen) atoms. The van der Waals surface area contributed by atoms with Gasteiger partial charge in [0.1, 0.15) is 0 Å². The van der Waals surface area contributed by atoms with Gasteiger partial charge < -0.3 is 15.5 Å². The van der Waals surface area contributed by atoms with E-state index in [1.165, 1.54) is 0 Å². The highest BCUT2D eigenvalue weighted by molar-refractivity contribution is 5.85. The monoisotopic (exact) mass is 325 g/mol. The summed E-state index contributed by atoms with van der Waals surface area (Å²) in [5, 5.41) is 0. The van der Waals surface area contributed by atoms with Crippen LogP contribution in [-0.2, 0) is 4.79 Å². The van der Waals surface area contributed by atoms with Crippen LogP contribution in [0.3, 0.4) is 0 Å². The number of amides is 1. The molecule has 0 aromatic carbocycles. The Morgan fingerprint density at radius 3 is 2.15 bits per heavy atom. The second kappa shape index (κ2) is 7.83. The summed E-state index contributed by atoms with van der Waals surface area (Å²) < 4.78 is 0. The van der Waals surface area contributed by atoms with Crippen LogP contribution in [0, 0.1) is 11.3 Å². The summed E-state index contributed by atoms with van der Waals surface area (Å²) in [6.07, 6.45) is 2.96. The lowest BCUT2D eigenvalue weighted by Gasteiger charge is -2.44. The quantitative estimate of drug-likeness (QED) is 0.799. The third-order valence-electron chi connectivity index (χ3n) is 4.69. The minimum atomic E-state index is 0. The molecule has 2 fully saturated rings. The number of rotatable bonds is 1. The predicted molar refractivity (Wildman–Crippen MR) is 87.7 cm³/mol. The van der Waals surface area contributed by atoms with Gasteiger partial charge in [0.25, 0.3) is 0 Å². The van der Waals surface area contributed by atoms with Gasteiger partial charge in [-0.05, 0) is 44.8 Å². The molecule has 120 valence electrons. The molecule has 1 unspecified atom stereocenters. The lowest BCUT2D eigenvalue weighted by atomic mass is 9.79. The molecule has 2 rings (SSSR count). The number of hydrogen-bond donors (Lipinski definition) is 1. The van der Waals surface area contributed by atoms with Crippen LogP contribution in [0.15, 0.2) is 0 Å². The molecule has 2 aliphatic rings. The van der Waals surface area contributed by atoms with Crippen molar-refractivity contribution in [3.05, 3.63) is 0 Å². The van der Waals surface area contributed by atoms with Gasteiger partial charge in [-0.25, -0.2) is 0 Å². The first-order valence-electron chi connectivity index (χ1n) is 7.13. The van der Waals surface area contributed by atoms with Crippen LogP contribution in [0.4, 0.5) is 0 Å².